The van der Waals surface area contributed by atoms with E-state index in [2.05, 4.69) is 0 Å². The molecule has 1 rings (SSSR count). The van der Waals surface area contributed by atoms with Crippen molar-refractivity contribution in [2.24, 2.45) is 11.7 Å². The molecule has 1 fully saturated rings. The predicted molar refractivity (Wildman–Crippen MR) is 68.7 cm³/mol. The van der Waals surface area contributed by atoms with Crippen LogP contribution < -0.4 is 5.73 Å². The SMILES string of the molecule is CCOCCN(C)C(=O)CC1CCCCC1N. The molecule has 4 nitrogen and oxygen atoms in total. The monoisotopic (exact) mass is 242 g/mol. The van der Waals surface area contributed by atoms with Gasteiger partial charge in [0, 0.05) is 32.7 Å². The highest BCUT2D eigenvalue weighted by Gasteiger charge is 2.25. The van der Waals surface area contributed by atoms with Crippen molar-refractivity contribution in [2.45, 2.75) is 45.1 Å². The first kappa shape index (κ1) is 14.5. The lowest BCUT2D eigenvalue weighted by Gasteiger charge is -2.29. The highest BCUT2D eigenvalue weighted by atomic mass is 16.5. The fourth-order valence-corrected chi connectivity index (χ4v) is 2.34. The van der Waals surface area contributed by atoms with E-state index in [1.165, 1.54) is 12.8 Å². The molecule has 0 aromatic carbocycles. The summed E-state index contributed by atoms with van der Waals surface area (Å²) in [4.78, 5) is 13.7. The molecule has 4 heteroatoms. The van der Waals surface area contributed by atoms with E-state index in [1.54, 1.807) is 4.90 Å². The summed E-state index contributed by atoms with van der Waals surface area (Å²) in [6, 6.07) is 0.216. The van der Waals surface area contributed by atoms with Crippen molar-refractivity contribution in [3.05, 3.63) is 0 Å². The number of nitrogens with two attached hydrogens (primary N) is 1. The largest absolute Gasteiger partial charge is 0.380 e. The molecule has 0 saturated heterocycles. The molecule has 100 valence electrons. The normalized spacial score (nSPS) is 24.6. The molecular weight excluding hydrogens is 216 g/mol. The number of amides is 1. The van der Waals surface area contributed by atoms with Crippen molar-refractivity contribution in [1.29, 1.82) is 0 Å². The number of carbonyl (C=O) groups excluding carboxylic acids is 1. The van der Waals surface area contributed by atoms with E-state index in [1.807, 2.05) is 14.0 Å². The Bertz CT molecular complexity index is 233. The molecule has 0 radical (unpaired) electrons. The Labute approximate surface area is 104 Å². The minimum atomic E-state index is 0.201. The Hall–Kier alpha value is -0.610. The van der Waals surface area contributed by atoms with Crippen LogP contribution in [0.3, 0.4) is 0 Å². The maximum Gasteiger partial charge on any atom is 0.222 e. The van der Waals surface area contributed by atoms with Crippen LogP contribution in [0.5, 0.6) is 0 Å². The van der Waals surface area contributed by atoms with Crippen LogP contribution >= 0.6 is 0 Å². The van der Waals surface area contributed by atoms with Gasteiger partial charge in [0.2, 0.25) is 5.91 Å². The van der Waals surface area contributed by atoms with Gasteiger partial charge in [0.25, 0.3) is 0 Å². The first-order valence-corrected chi connectivity index (χ1v) is 6.72. The molecule has 0 aromatic heterocycles. The summed E-state index contributed by atoms with van der Waals surface area (Å²) < 4.78 is 5.25. The topological polar surface area (TPSA) is 55.6 Å². The van der Waals surface area contributed by atoms with Crippen molar-refractivity contribution in [2.75, 3.05) is 26.8 Å². The van der Waals surface area contributed by atoms with E-state index in [0.29, 0.717) is 32.1 Å². The Morgan fingerprint density at radius 1 is 1.41 bits per heavy atom. The maximum atomic E-state index is 12.0. The van der Waals surface area contributed by atoms with Gasteiger partial charge in [-0.25, -0.2) is 0 Å². The molecule has 1 saturated carbocycles. The van der Waals surface area contributed by atoms with E-state index >= 15 is 0 Å². The Morgan fingerprint density at radius 3 is 2.76 bits per heavy atom. The van der Waals surface area contributed by atoms with Gasteiger partial charge in [-0.2, -0.15) is 0 Å². The molecule has 1 aliphatic rings. The highest BCUT2D eigenvalue weighted by molar-refractivity contribution is 5.76. The lowest BCUT2D eigenvalue weighted by molar-refractivity contribution is -0.132. The van der Waals surface area contributed by atoms with Crippen molar-refractivity contribution < 1.29 is 9.53 Å². The summed E-state index contributed by atoms with van der Waals surface area (Å²) >= 11 is 0. The van der Waals surface area contributed by atoms with Crippen LogP contribution in [0.25, 0.3) is 0 Å². The van der Waals surface area contributed by atoms with Crippen LogP contribution in [0.2, 0.25) is 0 Å². The van der Waals surface area contributed by atoms with Gasteiger partial charge in [0.1, 0.15) is 0 Å². The maximum absolute atomic E-state index is 12.0. The molecule has 2 N–H and O–H groups in total. The zero-order valence-corrected chi connectivity index (χ0v) is 11.2. The fraction of sp³-hybridized carbons (Fsp3) is 0.923. The third kappa shape index (κ3) is 5.04. The van der Waals surface area contributed by atoms with E-state index < -0.39 is 0 Å². The number of nitrogens with zero attached hydrogens (tertiary/aromatic N) is 1. The number of hydrogen-bond donors (Lipinski definition) is 1. The summed E-state index contributed by atoms with van der Waals surface area (Å²) in [5, 5.41) is 0. The van der Waals surface area contributed by atoms with E-state index in [4.69, 9.17) is 10.5 Å². The molecule has 0 spiro atoms. The average Bonchev–Trinajstić information content (AvgIpc) is 2.32. The smallest absolute Gasteiger partial charge is 0.222 e. The van der Waals surface area contributed by atoms with Crippen molar-refractivity contribution in [1.82, 2.24) is 4.90 Å². The third-order valence-electron chi connectivity index (χ3n) is 3.61. The Balaban J connectivity index is 2.26. The molecule has 0 aromatic rings. The second-order valence-electron chi connectivity index (χ2n) is 4.92. The summed E-state index contributed by atoms with van der Waals surface area (Å²) in [5.74, 6) is 0.581. The van der Waals surface area contributed by atoms with Gasteiger partial charge >= 0.3 is 0 Å². The van der Waals surface area contributed by atoms with Gasteiger partial charge in [0.05, 0.1) is 6.61 Å². The van der Waals surface area contributed by atoms with E-state index in [0.717, 1.165) is 12.8 Å². The fourth-order valence-electron chi connectivity index (χ4n) is 2.34. The van der Waals surface area contributed by atoms with Gasteiger partial charge in [0.15, 0.2) is 0 Å². The zero-order chi connectivity index (χ0) is 12.7. The number of rotatable bonds is 6. The number of hydrogen-bond acceptors (Lipinski definition) is 3. The van der Waals surface area contributed by atoms with Crippen molar-refractivity contribution >= 4 is 5.91 Å². The van der Waals surface area contributed by atoms with Crippen LogP contribution in [0, 0.1) is 5.92 Å². The van der Waals surface area contributed by atoms with Gasteiger partial charge in [-0.3, -0.25) is 4.79 Å². The lowest BCUT2D eigenvalue weighted by atomic mass is 9.83. The number of ether oxygens (including phenoxy) is 1. The van der Waals surface area contributed by atoms with Gasteiger partial charge in [-0.15, -0.1) is 0 Å². The summed E-state index contributed by atoms with van der Waals surface area (Å²) in [5.41, 5.74) is 6.05. The predicted octanol–water partition coefficient (Wildman–Crippen LogP) is 1.39. The lowest BCUT2D eigenvalue weighted by Crippen LogP contribution is -2.38. The van der Waals surface area contributed by atoms with E-state index in [-0.39, 0.29) is 11.9 Å². The zero-order valence-electron chi connectivity index (χ0n) is 11.2. The first-order chi connectivity index (χ1) is 8.15. The van der Waals surface area contributed by atoms with Crippen LogP contribution in [0.1, 0.15) is 39.0 Å². The highest BCUT2D eigenvalue weighted by Crippen LogP contribution is 2.25. The molecule has 0 heterocycles. The molecule has 1 aliphatic carbocycles. The Morgan fingerprint density at radius 2 is 2.12 bits per heavy atom. The summed E-state index contributed by atoms with van der Waals surface area (Å²) in [7, 11) is 1.84. The molecule has 17 heavy (non-hydrogen) atoms. The van der Waals surface area contributed by atoms with Crippen molar-refractivity contribution in [3.8, 4) is 0 Å². The molecule has 2 unspecified atom stereocenters. The van der Waals surface area contributed by atoms with E-state index in [9.17, 15) is 4.79 Å². The molecule has 0 bridgehead atoms. The number of likely N-dealkylation sites (N-methyl/N-ethyl adjacent to an activating group) is 1. The van der Waals surface area contributed by atoms with Crippen LogP contribution in [-0.2, 0) is 9.53 Å². The Kier molecular flexibility index (Phi) is 6.52. The summed E-state index contributed by atoms with van der Waals surface area (Å²) in [6.45, 7) is 3.96. The molecular formula is C13H26N2O2. The average molecular weight is 242 g/mol. The van der Waals surface area contributed by atoms with Crippen LogP contribution in [0.15, 0.2) is 0 Å². The quantitative estimate of drug-likeness (QED) is 0.716. The van der Waals surface area contributed by atoms with Crippen LogP contribution in [-0.4, -0.2) is 43.7 Å². The minimum Gasteiger partial charge on any atom is -0.380 e. The van der Waals surface area contributed by atoms with Crippen molar-refractivity contribution in [3.63, 3.8) is 0 Å². The minimum absolute atomic E-state index is 0.201. The second-order valence-corrected chi connectivity index (χ2v) is 4.92. The summed E-state index contributed by atoms with van der Waals surface area (Å²) in [6.07, 6.45) is 5.21. The second kappa shape index (κ2) is 7.67. The molecule has 2 atom stereocenters. The number of carbonyl (C=O) groups is 1. The van der Waals surface area contributed by atoms with Gasteiger partial charge in [-0.1, -0.05) is 12.8 Å². The molecule has 1 amide bonds. The standard InChI is InChI=1S/C13H26N2O2/c1-3-17-9-8-15(2)13(16)10-11-6-4-5-7-12(11)14/h11-12H,3-10,14H2,1-2H3. The first-order valence-electron chi connectivity index (χ1n) is 6.72. The van der Waals surface area contributed by atoms with Gasteiger partial charge in [-0.05, 0) is 25.7 Å². The van der Waals surface area contributed by atoms with Crippen LogP contribution in [0.4, 0.5) is 0 Å². The third-order valence-corrected chi connectivity index (χ3v) is 3.61. The molecule has 0 aliphatic heterocycles. The van der Waals surface area contributed by atoms with Gasteiger partial charge < -0.3 is 15.4 Å².